The number of hydrogen-bond donors (Lipinski definition) is 1. The molecular weight excluding hydrogens is 462 g/mol. The summed E-state index contributed by atoms with van der Waals surface area (Å²) >= 11 is 2.97. The van der Waals surface area contributed by atoms with Crippen molar-refractivity contribution in [3.05, 3.63) is 84.4 Å². The van der Waals surface area contributed by atoms with Crippen LogP contribution in [0.4, 0.5) is 0 Å². The van der Waals surface area contributed by atoms with Gasteiger partial charge in [-0.2, -0.15) is 0 Å². The number of likely N-dealkylation sites (tertiary alicyclic amines) is 1. The van der Waals surface area contributed by atoms with E-state index in [9.17, 15) is 4.79 Å². The van der Waals surface area contributed by atoms with E-state index in [1.54, 1.807) is 11.3 Å². The van der Waals surface area contributed by atoms with Crippen LogP contribution >= 0.6 is 23.3 Å². The minimum Gasteiger partial charge on any atom is -0.431 e. The Bertz CT molecular complexity index is 1190. The van der Waals surface area contributed by atoms with Gasteiger partial charge >= 0.3 is 0 Å². The lowest BCUT2D eigenvalue weighted by molar-refractivity contribution is -0.124. The molecular formula is C27H27N3O2S2. The second kappa shape index (κ2) is 11.0. The lowest BCUT2D eigenvalue weighted by Gasteiger charge is -2.31. The molecule has 4 aromatic rings. The van der Waals surface area contributed by atoms with Crippen LogP contribution in [0, 0.1) is 5.92 Å². The molecule has 1 saturated heterocycles. The maximum absolute atomic E-state index is 12.5. The van der Waals surface area contributed by atoms with Crippen molar-refractivity contribution in [1.29, 1.82) is 0 Å². The van der Waals surface area contributed by atoms with Crippen molar-refractivity contribution in [2.24, 2.45) is 5.92 Å². The van der Waals surface area contributed by atoms with E-state index < -0.39 is 0 Å². The quantitative estimate of drug-likeness (QED) is 0.300. The van der Waals surface area contributed by atoms with E-state index in [1.807, 2.05) is 60.7 Å². The number of ether oxygens (including phenoxy) is 1. The summed E-state index contributed by atoms with van der Waals surface area (Å²) in [5.41, 5.74) is 2.26. The zero-order valence-corrected chi connectivity index (χ0v) is 20.5. The van der Waals surface area contributed by atoms with Gasteiger partial charge in [0.25, 0.3) is 5.19 Å². The Kier molecular flexibility index (Phi) is 7.43. The minimum absolute atomic E-state index is 0.103. The fraction of sp³-hybridized carbons (Fsp3) is 0.259. The normalized spacial score (nSPS) is 14.8. The minimum atomic E-state index is 0.103. The van der Waals surface area contributed by atoms with Crippen LogP contribution < -0.4 is 9.46 Å². The number of rotatable bonds is 8. The van der Waals surface area contributed by atoms with E-state index >= 15 is 0 Å². The van der Waals surface area contributed by atoms with Crippen molar-refractivity contribution in [2.75, 3.05) is 19.6 Å². The highest BCUT2D eigenvalue weighted by atomic mass is 32.2. The average Bonchev–Trinajstić information content (AvgIpc) is 3.30. The Morgan fingerprint density at radius 2 is 1.74 bits per heavy atom. The lowest BCUT2D eigenvalue weighted by atomic mass is 9.96. The maximum Gasteiger partial charge on any atom is 0.279 e. The number of para-hydroxylation sites is 1. The predicted octanol–water partition coefficient (Wildman–Crippen LogP) is 6.17. The predicted molar refractivity (Wildman–Crippen MR) is 139 cm³/mol. The summed E-state index contributed by atoms with van der Waals surface area (Å²) in [6.45, 7) is 2.94. The number of fused-ring (bicyclic) bond motifs is 1. The Morgan fingerprint density at radius 1 is 1.00 bits per heavy atom. The first-order chi connectivity index (χ1) is 16.7. The first-order valence-corrected chi connectivity index (χ1v) is 13.2. The van der Waals surface area contributed by atoms with E-state index in [2.05, 4.69) is 32.8 Å². The van der Waals surface area contributed by atoms with Gasteiger partial charge in [-0.25, -0.2) is 4.98 Å². The van der Waals surface area contributed by atoms with E-state index in [0.29, 0.717) is 5.19 Å². The Labute approximate surface area is 208 Å². The smallest absolute Gasteiger partial charge is 0.279 e. The Hall–Kier alpha value is -2.87. The highest BCUT2D eigenvalue weighted by Gasteiger charge is 2.24. The van der Waals surface area contributed by atoms with Gasteiger partial charge in [0.2, 0.25) is 5.91 Å². The number of piperidine rings is 1. The summed E-state index contributed by atoms with van der Waals surface area (Å²) in [5.74, 6) is 1.06. The molecule has 174 valence electrons. The van der Waals surface area contributed by atoms with Crippen LogP contribution in [0.3, 0.4) is 0 Å². The van der Waals surface area contributed by atoms with Crippen LogP contribution in [-0.2, 0) is 11.2 Å². The van der Waals surface area contributed by atoms with E-state index in [-0.39, 0.29) is 11.8 Å². The summed E-state index contributed by atoms with van der Waals surface area (Å²) in [4.78, 5) is 20.6. The molecule has 1 amide bonds. The van der Waals surface area contributed by atoms with Crippen molar-refractivity contribution in [3.8, 4) is 10.9 Å². The van der Waals surface area contributed by atoms with Gasteiger partial charge in [-0.1, -0.05) is 53.8 Å². The van der Waals surface area contributed by atoms with Crippen molar-refractivity contribution in [1.82, 2.24) is 14.6 Å². The van der Waals surface area contributed by atoms with Crippen molar-refractivity contribution in [3.63, 3.8) is 0 Å². The van der Waals surface area contributed by atoms with Crippen LogP contribution in [0.25, 0.3) is 10.2 Å². The number of aromatic nitrogens is 1. The third kappa shape index (κ3) is 5.97. The second-order valence-electron chi connectivity index (χ2n) is 8.44. The van der Waals surface area contributed by atoms with E-state index in [4.69, 9.17) is 4.74 Å². The summed E-state index contributed by atoms with van der Waals surface area (Å²) in [6.07, 6.45) is 2.81. The molecule has 1 aliphatic rings. The molecule has 0 unspecified atom stereocenters. The van der Waals surface area contributed by atoms with Gasteiger partial charge in [0.05, 0.1) is 10.2 Å². The molecule has 5 nitrogen and oxygen atoms in total. The van der Waals surface area contributed by atoms with Gasteiger partial charge in [0.1, 0.15) is 5.75 Å². The number of amides is 1. The number of benzene rings is 3. The van der Waals surface area contributed by atoms with Crippen LogP contribution in [0.2, 0.25) is 0 Å². The number of nitrogens with zero attached hydrogens (tertiary/aromatic N) is 2. The van der Waals surface area contributed by atoms with Crippen LogP contribution in [0.15, 0.2) is 83.8 Å². The van der Waals surface area contributed by atoms with Crippen LogP contribution in [0.1, 0.15) is 18.4 Å². The number of carbonyl (C=O) groups excluding carboxylic acids is 1. The molecule has 2 heterocycles. The molecule has 0 aliphatic carbocycles. The first-order valence-electron chi connectivity index (χ1n) is 11.6. The molecule has 0 saturated carbocycles. The van der Waals surface area contributed by atoms with Crippen LogP contribution in [0.5, 0.6) is 10.9 Å². The maximum atomic E-state index is 12.5. The van der Waals surface area contributed by atoms with Gasteiger partial charge in [-0.3, -0.25) is 9.52 Å². The number of nitrogens with one attached hydrogen (secondary N) is 1. The molecule has 1 aliphatic heterocycles. The molecule has 5 rings (SSSR count). The molecule has 0 atom stereocenters. The second-order valence-corrected chi connectivity index (χ2v) is 10.3. The summed E-state index contributed by atoms with van der Waals surface area (Å²) in [7, 11) is 0. The monoisotopic (exact) mass is 489 g/mol. The van der Waals surface area contributed by atoms with E-state index in [0.717, 1.165) is 59.8 Å². The molecule has 1 N–H and O–H groups in total. The summed E-state index contributed by atoms with van der Waals surface area (Å²) in [5, 5.41) is 0.669. The Balaban J connectivity index is 1.04. The van der Waals surface area contributed by atoms with Crippen molar-refractivity contribution >= 4 is 39.4 Å². The van der Waals surface area contributed by atoms with Gasteiger partial charge in [-0.15, -0.1) is 0 Å². The third-order valence-electron chi connectivity index (χ3n) is 6.09. The SMILES string of the molecule is O=C(NSc1ccccc1)C1CCN(CCc2ccc(Oc3nc4ccccc4s3)cc2)CC1. The third-order valence-corrected chi connectivity index (χ3v) is 7.82. The van der Waals surface area contributed by atoms with Crippen LogP contribution in [-0.4, -0.2) is 35.4 Å². The average molecular weight is 490 g/mol. The number of thiazole rings is 1. The summed E-state index contributed by atoms with van der Waals surface area (Å²) in [6, 6.07) is 26.3. The van der Waals surface area contributed by atoms with Gasteiger partial charge in [-0.05, 0) is 86.3 Å². The zero-order chi connectivity index (χ0) is 23.2. The largest absolute Gasteiger partial charge is 0.431 e. The fourth-order valence-electron chi connectivity index (χ4n) is 4.11. The molecule has 0 radical (unpaired) electrons. The number of hydrogen-bond acceptors (Lipinski definition) is 6. The standard InChI is InChI=1S/C27H27N3O2S2/c31-26(29-34-23-6-2-1-3-7-23)21-15-18-30(19-16-21)17-14-20-10-12-22(13-11-20)32-27-28-24-8-4-5-9-25(24)33-27/h1-13,21H,14-19H2,(H,29,31). The summed E-state index contributed by atoms with van der Waals surface area (Å²) < 4.78 is 10.1. The molecule has 0 spiro atoms. The zero-order valence-electron chi connectivity index (χ0n) is 18.9. The van der Waals surface area contributed by atoms with Crippen molar-refractivity contribution in [2.45, 2.75) is 24.2 Å². The molecule has 1 aromatic heterocycles. The molecule has 1 fully saturated rings. The molecule has 3 aromatic carbocycles. The first kappa shape index (κ1) is 22.9. The van der Waals surface area contributed by atoms with Gasteiger partial charge in [0, 0.05) is 17.4 Å². The molecule has 34 heavy (non-hydrogen) atoms. The fourth-order valence-corrected chi connectivity index (χ4v) is 5.62. The Morgan fingerprint density at radius 3 is 2.50 bits per heavy atom. The lowest BCUT2D eigenvalue weighted by Crippen LogP contribution is -2.39. The highest BCUT2D eigenvalue weighted by Crippen LogP contribution is 2.31. The highest BCUT2D eigenvalue weighted by molar-refractivity contribution is 7.98. The molecule has 7 heteroatoms. The van der Waals surface area contributed by atoms with E-state index in [1.165, 1.54) is 17.5 Å². The van der Waals surface area contributed by atoms with Gasteiger partial charge in [0.15, 0.2) is 0 Å². The molecule has 0 bridgehead atoms. The number of carbonyl (C=O) groups is 1. The van der Waals surface area contributed by atoms with Crippen molar-refractivity contribution < 1.29 is 9.53 Å². The van der Waals surface area contributed by atoms with Gasteiger partial charge < -0.3 is 9.64 Å². The topological polar surface area (TPSA) is 54.5 Å².